The summed E-state index contributed by atoms with van der Waals surface area (Å²) >= 11 is 0. The van der Waals surface area contributed by atoms with Crippen LogP contribution in [0.2, 0.25) is 0 Å². The summed E-state index contributed by atoms with van der Waals surface area (Å²) in [5, 5.41) is 0.864. The second-order valence-corrected chi connectivity index (χ2v) is 3.39. The molecule has 0 unspecified atom stereocenters. The van der Waals surface area contributed by atoms with Crippen LogP contribution in [0.15, 0.2) is 29.2 Å². The summed E-state index contributed by atoms with van der Waals surface area (Å²) in [6.07, 6.45) is 1.65. The number of pyridine rings is 1. The van der Waals surface area contributed by atoms with E-state index >= 15 is 0 Å². The van der Waals surface area contributed by atoms with Gasteiger partial charge in [0, 0.05) is 18.6 Å². The molecule has 2 aromatic rings. The fraction of sp³-hybridized carbons (Fsp3) is 0.182. The fourth-order valence-electron chi connectivity index (χ4n) is 1.71. The number of benzene rings is 1. The number of rotatable bonds is 0. The van der Waals surface area contributed by atoms with Crippen molar-refractivity contribution in [3.8, 4) is 0 Å². The van der Waals surface area contributed by atoms with Gasteiger partial charge in [-0.15, -0.1) is 0 Å². The Morgan fingerprint density at radius 2 is 2.07 bits per heavy atom. The Labute approximate surface area is 80.6 Å². The average molecular weight is 191 g/mol. The van der Waals surface area contributed by atoms with Crippen LogP contribution in [0.25, 0.3) is 10.8 Å². The molecule has 1 heterocycles. The van der Waals surface area contributed by atoms with Crippen molar-refractivity contribution < 1.29 is 4.39 Å². The molecule has 0 saturated carbocycles. The van der Waals surface area contributed by atoms with Crippen molar-refractivity contribution in [1.29, 1.82) is 0 Å². The van der Waals surface area contributed by atoms with Gasteiger partial charge in [0.05, 0.1) is 5.39 Å². The van der Waals surface area contributed by atoms with E-state index in [1.54, 1.807) is 32.3 Å². The molecule has 0 amide bonds. The second-order valence-electron chi connectivity index (χ2n) is 3.39. The lowest BCUT2D eigenvalue weighted by atomic mass is 10.1. The third-order valence-corrected chi connectivity index (χ3v) is 2.35. The van der Waals surface area contributed by atoms with Crippen molar-refractivity contribution in [2.45, 2.75) is 6.92 Å². The molecule has 0 radical (unpaired) electrons. The van der Waals surface area contributed by atoms with E-state index in [4.69, 9.17) is 0 Å². The Morgan fingerprint density at radius 1 is 1.36 bits per heavy atom. The summed E-state index contributed by atoms with van der Waals surface area (Å²) in [6, 6.07) is 4.57. The summed E-state index contributed by atoms with van der Waals surface area (Å²) in [4.78, 5) is 11.6. The minimum absolute atomic E-state index is 0.162. The molecule has 0 bridgehead atoms. The van der Waals surface area contributed by atoms with Gasteiger partial charge in [0.1, 0.15) is 5.82 Å². The van der Waals surface area contributed by atoms with Gasteiger partial charge in [0.25, 0.3) is 5.56 Å². The van der Waals surface area contributed by atoms with Gasteiger partial charge in [-0.25, -0.2) is 4.39 Å². The third-order valence-electron chi connectivity index (χ3n) is 2.35. The Morgan fingerprint density at radius 3 is 2.79 bits per heavy atom. The first-order valence-corrected chi connectivity index (χ1v) is 4.35. The predicted octanol–water partition coefficient (Wildman–Crippen LogP) is 1.99. The third kappa shape index (κ3) is 1.13. The van der Waals surface area contributed by atoms with Crippen molar-refractivity contribution in [1.82, 2.24) is 4.57 Å². The van der Waals surface area contributed by atoms with Crippen LogP contribution in [0.5, 0.6) is 0 Å². The number of hydrogen-bond acceptors (Lipinski definition) is 1. The molecule has 0 saturated heterocycles. The monoisotopic (exact) mass is 191 g/mol. The molecular formula is C11H10FNO. The molecule has 1 aromatic heterocycles. The van der Waals surface area contributed by atoms with E-state index in [0.29, 0.717) is 10.8 Å². The second kappa shape index (κ2) is 2.94. The Balaban J connectivity index is 3.10. The molecule has 3 heteroatoms. The Bertz CT molecular complexity index is 557. The molecule has 0 aliphatic heterocycles. The minimum atomic E-state index is -0.335. The summed E-state index contributed by atoms with van der Waals surface area (Å²) in [7, 11) is 1.67. The highest BCUT2D eigenvalue weighted by Crippen LogP contribution is 2.17. The Hall–Kier alpha value is -1.64. The van der Waals surface area contributed by atoms with E-state index in [2.05, 4.69) is 0 Å². The van der Waals surface area contributed by atoms with Gasteiger partial charge >= 0.3 is 0 Å². The highest BCUT2D eigenvalue weighted by atomic mass is 19.1. The largest absolute Gasteiger partial charge is 0.318 e. The number of aromatic nitrogens is 1. The summed E-state index contributed by atoms with van der Waals surface area (Å²) in [6.45, 7) is 1.80. The van der Waals surface area contributed by atoms with Gasteiger partial charge in [-0.3, -0.25) is 4.79 Å². The van der Waals surface area contributed by atoms with Crippen LogP contribution >= 0.6 is 0 Å². The lowest BCUT2D eigenvalue weighted by molar-refractivity contribution is 0.638. The van der Waals surface area contributed by atoms with Crippen LogP contribution in [-0.4, -0.2) is 4.57 Å². The molecule has 0 aliphatic rings. The van der Waals surface area contributed by atoms with Crippen LogP contribution in [0.1, 0.15) is 5.56 Å². The quantitative estimate of drug-likeness (QED) is 0.624. The molecular weight excluding hydrogens is 181 g/mol. The van der Waals surface area contributed by atoms with Crippen molar-refractivity contribution in [3.05, 3.63) is 46.1 Å². The average Bonchev–Trinajstić information content (AvgIpc) is 2.14. The van der Waals surface area contributed by atoms with Crippen molar-refractivity contribution in [2.24, 2.45) is 7.05 Å². The van der Waals surface area contributed by atoms with Gasteiger partial charge in [-0.1, -0.05) is 6.07 Å². The number of aryl methyl sites for hydroxylation is 2. The topological polar surface area (TPSA) is 22.0 Å². The Kier molecular flexibility index (Phi) is 1.88. The zero-order valence-corrected chi connectivity index (χ0v) is 8.04. The molecule has 0 aliphatic carbocycles. The normalized spacial score (nSPS) is 10.8. The van der Waals surface area contributed by atoms with E-state index in [1.165, 1.54) is 10.6 Å². The van der Waals surface area contributed by atoms with E-state index in [-0.39, 0.29) is 11.4 Å². The standard InChI is InChI=1S/C11H10FNO/c1-7-6-13(2)11(14)8-4-3-5-9(12)10(7)8/h3-6H,1-2H3. The summed E-state index contributed by atoms with van der Waals surface area (Å²) in [5.41, 5.74) is 0.616. The van der Waals surface area contributed by atoms with Gasteiger partial charge in [0.15, 0.2) is 0 Å². The van der Waals surface area contributed by atoms with E-state index in [9.17, 15) is 9.18 Å². The first kappa shape index (κ1) is 8.94. The maximum Gasteiger partial charge on any atom is 0.258 e. The number of nitrogens with zero attached hydrogens (tertiary/aromatic N) is 1. The SMILES string of the molecule is Cc1cn(C)c(=O)c2cccc(F)c12. The molecule has 0 fully saturated rings. The maximum absolute atomic E-state index is 13.4. The number of hydrogen-bond donors (Lipinski definition) is 0. The smallest absolute Gasteiger partial charge is 0.258 e. The van der Waals surface area contributed by atoms with Crippen molar-refractivity contribution in [3.63, 3.8) is 0 Å². The molecule has 2 rings (SSSR count). The molecule has 72 valence electrons. The molecule has 2 nitrogen and oxygen atoms in total. The predicted molar refractivity (Wildman–Crippen MR) is 53.9 cm³/mol. The van der Waals surface area contributed by atoms with Gasteiger partial charge in [-0.2, -0.15) is 0 Å². The molecule has 0 atom stereocenters. The number of fused-ring (bicyclic) bond motifs is 1. The van der Waals surface area contributed by atoms with Gasteiger partial charge in [-0.05, 0) is 24.6 Å². The zero-order valence-electron chi connectivity index (χ0n) is 8.04. The first-order chi connectivity index (χ1) is 6.61. The lowest BCUT2D eigenvalue weighted by Crippen LogP contribution is -2.17. The number of halogens is 1. The highest BCUT2D eigenvalue weighted by molar-refractivity contribution is 5.85. The maximum atomic E-state index is 13.4. The fourth-order valence-corrected chi connectivity index (χ4v) is 1.71. The molecule has 0 N–H and O–H groups in total. The van der Waals surface area contributed by atoms with Crippen LogP contribution < -0.4 is 5.56 Å². The summed E-state index contributed by atoms with van der Waals surface area (Å²) in [5.74, 6) is -0.335. The van der Waals surface area contributed by atoms with E-state index < -0.39 is 0 Å². The van der Waals surface area contributed by atoms with Gasteiger partial charge in [0.2, 0.25) is 0 Å². The molecule has 1 aromatic carbocycles. The lowest BCUT2D eigenvalue weighted by Gasteiger charge is -2.05. The van der Waals surface area contributed by atoms with E-state index in [1.807, 2.05) is 0 Å². The molecule has 14 heavy (non-hydrogen) atoms. The molecule has 0 spiro atoms. The van der Waals surface area contributed by atoms with Gasteiger partial charge < -0.3 is 4.57 Å². The van der Waals surface area contributed by atoms with Crippen molar-refractivity contribution in [2.75, 3.05) is 0 Å². The highest BCUT2D eigenvalue weighted by Gasteiger charge is 2.07. The summed E-state index contributed by atoms with van der Waals surface area (Å²) < 4.78 is 14.9. The van der Waals surface area contributed by atoms with Crippen LogP contribution in [-0.2, 0) is 7.05 Å². The van der Waals surface area contributed by atoms with Crippen LogP contribution in [0, 0.1) is 12.7 Å². The van der Waals surface area contributed by atoms with Crippen LogP contribution in [0.4, 0.5) is 4.39 Å². The first-order valence-electron chi connectivity index (χ1n) is 4.35. The van der Waals surface area contributed by atoms with Crippen LogP contribution in [0.3, 0.4) is 0 Å². The van der Waals surface area contributed by atoms with Crippen molar-refractivity contribution >= 4 is 10.8 Å². The van der Waals surface area contributed by atoms with E-state index in [0.717, 1.165) is 5.56 Å². The minimum Gasteiger partial charge on any atom is -0.318 e. The zero-order chi connectivity index (χ0) is 10.3.